The number of hydrogen-bond acceptors (Lipinski definition) is 3. The Labute approximate surface area is 113 Å². The number of carbonyl (C=O) groups is 1. The second kappa shape index (κ2) is 7.39. The monoisotopic (exact) mass is 270 g/mol. The van der Waals surface area contributed by atoms with Gasteiger partial charge in [0.1, 0.15) is 18.1 Å². The fraction of sp³-hybridized carbons (Fsp3) is 0.500. The number of halogens is 1. The molecular weight excluding hydrogens is 252 g/mol. The van der Waals surface area contributed by atoms with Crippen LogP contribution in [0.2, 0.25) is 5.02 Å². The Bertz CT molecular complexity index is 404. The van der Waals surface area contributed by atoms with E-state index < -0.39 is 0 Å². The third kappa shape index (κ3) is 4.00. The van der Waals surface area contributed by atoms with E-state index >= 15 is 0 Å². The maximum Gasteiger partial charge on any atom is 0.139 e. The SMILES string of the molecule is CCC(=O)C(C)c1ccc(Cl)c(OCCOC)c1. The first kappa shape index (κ1) is 15.0. The lowest BCUT2D eigenvalue weighted by Gasteiger charge is -2.13. The largest absolute Gasteiger partial charge is 0.490 e. The molecule has 3 nitrogen and oxygen atoms in total. The number of carbonyl (C=O) groups excluding carboxylic acids is 1. The smallest absolute Gasteiger partial charge is 0.139 e. The van der Waals surface area contributed by atoms with E-state index in [-0.39, 0.29) is 11.7 Å². The van der Waals surface area contributed by atoms with Crippen LogP contribution >= 0.6 is 11.6 Å². The van der Waals surface area contributed by atoms with E-state index in [1.54, 1.807) is 13.2 Å². The molecule has 0 N–H and O–H groups in total. The van der Waals surface area contributed by atoms with Gasteiger partial charge in [0.15, 0.2) is 0 Å². The minimum atomic E-state index is -0.128. The van der Waals surface area contributed by atoms with Gasteiger partial charge in [-0.05, 0) is 17.7 Å². The van der Waals surface area contributed by atoms with E-state index in [4.69, 9.17) is 21.1 Å². The lowest BCUT2D eigenvalue weighted by atomic mass is 9.95. The van der Waals surface area contributed by atoms with Crippen molar-refractivity contribution in [1.82, 2.24) is 0 Å². The molecule has 18 heavy (non-hydrogen) atoms. The molecule has 100 valence electrons. The van der Waals surface area contributed by atoms with Crippen molar-refractivity contribution in [2.75, 3.05) is 20.3 Å². The normalized spacial score (nSPS) is 12.2. The molecule has 1 rings (SSSR count). The highest BCUT2D eigenvalue weighted by Crippen LogP contribution is 2.29. The van der Waals surface area contributed by atoms with Gasteiger partial charge in [-0.1, -0.05) is 31.5 Å². The lowest BCUT2D eigenvalue weighted by molar-refractivity contribution is -0.119. The second-order valence-electron chi connectivity index (χ2n) is 4.07. The standard InChI is InChI=1S/C14H19ClO3/c1-4-13(16)10(2)11-5-6-12(15)14(9-11)18-8-7-17-3/h5-6,9-10H,4,7-8H2,1-3H3. The third-order valence-corrected chi connectivity index (χ3v) is 3.14. The molecular formula is C14H19ClO3. The van der Waals surface area contributed by atoms with Crippen LogP contribution in [-0.4, -0.2) is 26.1 Å². The predicted molar refractivity (Wildman–Crippen MR) is 72.5 cm³/mol. The summed E-state index contributed by atoms with van der Waals surface area (Å²) in [5, 5.41) is 0.547. The van der Waals surface area contributed by atoms with Crippen molar-refractivity contribution in [2.45, 2.75) is 26.2 Å². The van der Waals surface area contributed by atoms with Crippen molar-refractivity contribution >= 4 is 17.4 Å². The van der Waals surface area contributed by atoms with Crippen molar-refractivity contribution in [3.8, 4) is 5.75 Å². The molecule has 1 aromatic rings. The Balaban J connectivity index is 2.82. The molecule has 1 aromatic carbocycles. The number of ether oxygens (including phenoxy) is 2. The Morgan fingerprint density at radius 2 is 2.11 bits per heavy atom. The molecule has 0 saturated heterocycles. The number of ketones is 1. The van der Waals surface area contributed by atoms with E-state index in [9.17, 15) is 4.79 Å². The molecule has 1 atom stereocenters. The summed E-state index contributed by atoms with van der Waals surface area (Å²) in [7, 11) is 1.61. The summed E-state index contributed by atoms with van der Waals surface area (Å²) in [6, 6.07) is 5.46. The molecule has 0 heterocycles. The number of hydrogen-bond donors (Lipinski definition) is 0. The van der Waals surface area contributed by atoms with Gasteiger partial charge in [0, 0.05) is 19.4 Å². The van der Waals surface area contributed by atoms with Crippen LogP contribution < -0.4 is 4.74 Å². The zero-order valence-electron chi connectivity index (χ0n) is 11.0. The van der Waals surface area contributed by atoms with Gasteiger partial charge in [-0.15, -0.1) is 0 Å². The average Bonchev–Trinajstić information content (AvgIpc) is 2.39. The highest BCUT2D eigenvalue weighted by molar-refractivity contribution is 6.32. The first-order chi connectivity index (χ1) is 8.60. The van der Waals surface area contributed by atoms with Crippen molar-refractivity contribution in [1.29, 1.82) is 0 Å². The van der Waals surface area contributed by atoms with Gasteiger partial charge < -0.3 is 9.47 Å². The third-order valence-electron chi connectivity index (χ3n) is 2.83. The van der Waals surface area contributed by atoms with Crippen LogP contribution in [0.3, 0.4) is 0 Å². The van der Waals surface area contributed by atoms with Crippen LogP contribution in [0, 0.1) is 0 Å². The molecule has 0 saturated carbocycles. The van der Waals surface area contributed by atoms with Crippen LogP contribution in [0.1, 0.15) is 31.7 Å². The van der Waals surface area contributed by atoms with E-state index in [1.807, 2.05) is 26.0 Å². The van der Waals surface area contributed by atoms with Crippen molar-refractivity contribution in [3.05, 3.63) is 28.8 Å². The van der Waals surface area contributed by atoms with Crippen LogP contribution in [0.5, 0.6) is 5.75 Å². The maximum atomic E-state index is 11.7. The van der Waals surface area contributed by atoms with Gasteiger partial charge in [0.05, 0.1) is 11.6 Å². The summed E-state index contributed by atoms with van der Waals surface area (Å²) in [5.74, 6) is 0.680. The van der Waals surface area contributed by atoms with Crippen LogP contribution in [0.4, 0.5) is 0 Å². The van der Waals surface area contributed by atoms with E-state index in [2.05, 4.69) is 0 Å². The first-order valence-electron chi connectivity index (χ1n) is 6.04. The molecule has 0 fully saturated rings. The Morgan fingerprint density at radius 3 is 2.72 bits per heavy atom. The molecule has 0 aliphatic carbocycles. The van der Waals surface area contributed by atoms with Gasteiger partial charge in [-0.3, -0.25) is 4.79 Å². The quantitative estimate of drug-likeness (QED) is 0.712. The van der Waals surface area contributed by atoms with Crippen LogP contribution in [0.15, 0.2) is 18.2 Å². The van der Waals surface area contributed by atoms with Crippen molar-refractivity contribution in [2.24, 2.45) is 0 Å². The number of rotatable bonds is 7. The summed E-state index contributed by atoms with van der Waals surface area (Å²) in [6.45, 7) is 4.71. The van der Waals surface area contributed by atoms with E-state index in [0.29, 0.717) is 30.4 Å². The van der Waals surface area contributed by atoms with Gasteiger partial charge in [0.25, 0.3) is 0 Å². The Morgan fingerprint density at radius 1 is 1.39 bits per heavy atom. The van der Waals surface area contributed by atoms with Gasteiger partial charge in [-0.2, -0.15) is 0 Å². The first-order valence-corrected chi connectivity index (χ1v) is 6.41. The molecule has 0 amide bonds. The van der Waals surface area contributed by atoms with Gasteiger partial charge in [-0.25, -0.2) is 0 Å². The zero-order chi connectivity index (χ0) is 13.5. The topological polar surface area (TPSA) is 35.5 Å². The van der Waals surface area contributed by atoms with Crippen LogP contribution in [-0.2, 0) is 9.53 Å². The molecule has 0 spiro atoms. The minimum absolute atomic E-state index is 0.128. The maximum absolute atomic E-state index is 11.7. The zero-order valence-corrected chi connectivity index (χ0v) is 11.8. The van der Waals surface area contributed by atoms with Crippen molar-refractivity contribution < 1.29 is 14.3 Å². The number of methoxy groups -OCH3 is 1. The highest BCUT2D eigenvalue weighted by Gasteiger charge is 2.15. The molecule has 0 aromatic heterocycles. The summed E-state index contributed by atoms with van der Waals surface area (Å²) >= 11 is 6.04. The number of Topliss-reactive ketones (excluding diaryl/α,β-unsaturated/α-hetero) is 1. The summed E-state index contributed by atoms with van der Waals surface area (Å²) in [4.78, 5) is 11.7. The number of benzene rings is 1. The molecule has 0 bridgehead atoms. The Kier molecular flexibility index (Phi) is 6.16. The minimum Gasteiger partial charge on any atom is -0.490 e. The summed E-state index contributed by atoms with van der Waals surface area (Å²) in [6.07, 6.45) is 0.531. The summed E-state index contributed by atoms with van der Waals surface area (Å²) in [5.41, 5.74) is 0.929. The molecule has 0 radical (unpaired) electrons. The predicted octanol–water partition coefficient (Wildman–Crippen LogP) is 3.45. The summed E-state index contributed by atoms with van der Waals surface area (Å²) < 4.78 is 10.4. The molecule has 0 aliphatic heterocycles. The molecule has 4 heteroatoms. The van der Waals surface area contributed by atoms with E-state index in [1.165, 1.54) is 0 Å². The van der Waals surface area contributed by atoms with E-state index in [0.717, 1.165) is 5.56 Å². The van der Waals surface area contributed by atoms with Crippen molar-refractivity contribution in [3.63, 3.8) is 0 Å². The van der Waals surface area contributed by atoms with Gasteiger partial charge in [0.2, 0.25) is 0 Å². The molecule has 1 unspecified atom stereocenters. The molecule has 0 aliphatic rings. The van der Waals surface area contributed by atoms with Gasteiger partial charge >= 0.3 is 0 Å². The fourth-order valence-electron chi connectivity index (χ4n) is 1.63. The fourth-order valence-corrected chi connectivity index (χ4v) is 1.80. The highest BCUT2D eigenvalue weighted by atomic mass is 35.5. The Hall–Kier alpha value is -1.06. The second-order valence-corrected chi connectivity index (χ2v) is 4.48. The lowest BCUT2D eigenvalue weighted by Crippen LogP contribution is -2.09. The van der Waals surface area contributed by atoms with Crippen LogP contribution in [0.25, 0.3) is 0 Å². The average molecular weight is 271 g/mol.